The molecule has 0 aromatic heterocycles. The number of nitrogens with zero attached hydrogens (tertiary/aromatic N) is 1. The van der Waals surface area contributed by atoms with E-state index in [9.17, 15) is 19.0 Å². The zero-order valence-electron chi connectivity index (χ0n) is 48.8. The van der Waals surface area contributed by atoms with Crippen molar-refractivity contribution in [1.29, 1.82) is 0 Å². The van der Waals surface area contributed by atoms with Crippen molar-refractivity contribution in [1.82, 2.24) is 5.32 Å². The number of likely N-dealkylation sites (N-methyl/N-ethyl adjacent to an activating group) is 1. The molecule has 0 aliphatic carbocycles. The molecule has 428 valence electrons. The second-order valence-corrected chi connectivity index (χ2v) is 23.0. The Morgan fingerprint density at radius 3 is 1.31 bits per heavy atom. The SMILES string of the molecule is CC/C=C\C/C=C\C/C=C\C/C=C\C/C=C\C/C=C\CCCCC(=O)OC(/C=C/CCCCCCCCCCCCC)C(COP(=O)(O)OCC[N+](C)(C)C)NC(=O)CCCCCCCCCCCCCCCC. The van der Waals surface area contributed by atoms with Gasteiger partial charge in [0.15, 0.2) is 0 Å². The van der Waals surface area contributed by atoms with Gasteiger partial charge in [-0.25, -0.2) is 4.57 Å². The first-order valence-corrected chi connectivity index (χ1v) is 31.9. The summed E-state index contributed by atoms with van der Waals surface area (Å²) >= 11 is 0. The van der Waals surface area contributed by atoms with E-state index >= 15 is 0 Å². The van der Waals surface area contributed by atoms with Crippen LogP contribution in [-0.2, 0) is 27.9 Å². The molecule has 0 aliphatic heterocycles. The van der Waals surface area contributed by atoms with E-state index < -0.39 is 20.0 Å². The molecular weight excluding hydrogens is 940 g/mol. The highest BCUT2D eigenvalue weighted by Crippen LogP contribution is 2.43. The molecule has 0 heterocycles. The van der Waals surface area contributed by atoms with Crippen LogP contribution in [0.15, 0.2) is 85.1 Å². The molecule has 0 saturated heterocycles. The van der Waals surface area contributed by atoms with E-state index in [4.69, 9.17) is 13.8 Å². The van der Waals surface area contributed by atoms with Gasteiger partial charge < -0.3 is 19.4 Å². The number of allylic oxidation sites excluding steroid dienone is 13. The number of carbonyl (C=O) groups is 2. The van der Waals surface area contributed by atoms with Crippen molar-refractivity contribution in [3.63, 3.8) is 0 Å². The summed E-state index contributed by atoms with van der Waals surface area (Å²) in [5, 5.41) is 3.04. The van der Waals surface area contributed by atoms with Crippen molar-refractivity contribution in [2.24, 2.45) is 0 Å². The first-order chi connectivity index (χ1) is 35.9. The minimum atomic E-state index is -4.46. The second kappa shape index (κ2) is 53.6. The lowest BCUT2D eigenvalue weighted by Gasteiger charge is -2.27. The Balaban J connectivity index is 5.38. The number of unbranched alkanes of at least 4 members (excludes halogenated alkanes) is 26. The smallest absolute Gasteiger partial charge is 0.456 e. The second-order valence-electron chi connectivity index (χ2n) is 21.5. The van der Waals surface area contributed by atoms with Gasteiger partial charge in [-0.3, -0.25) is 18.6 Å². The molecule has 0 spiro atoms. The number of carbonyl (C=O) groups excluding carboxylic acids is 2. The summed E-state index contributed by atoms with van der Waals surface area (Å²) in [7, 11) is 1.47. The van der Waals surface area contributed by atoms with Gasteiger partial charge in [0.25, 0.3) is 0 Å². The molecule has 0 radical (unpaired) electrons. The van der Waals surface area contributed by atoms with Crippen LogP contribution in [0.4, 0.5) is 0 Å². The number of quaternary nitrogens is 1. The minimum absolute atomic E-state index is 0.0310. The van der Waals surface area contributed by atoms with Crippen molar-refractivity contribution in [2.45, 2.75) is 270 Å². The molecule has 0 aromatic rings. The summed E-state index contributed by atoms with van der Waals surface area (Å²) in [6.45, 7) is 6.87. The molecule has 0 bridgehead atoms. The monoisotopic (exact) mass is 1060 g/mol. The Morgan fingerprint density at radius 2 is 0.865 bits per heavy atom. The first-order valence-electron chi connectivity index (χ1n) is 30.4. The lowest BCUT2D eigenvalue weighted by atomic mass is 10.0. The topological polar surface area (TPSA) is 111 Å². The van der Waals surface area contributed by atoms with E-state index in [1.807, 2.05) is 33.3 Å². The number of hydrogen-bond donors (Lipinski definition) is 2. The highest BCUT2D eigenvalue weighted by molar-refractivity contribution is 7.47. The van der Waals surface area contributed by atoms with Crippen LogP contribution in [0.5, 0.6) is 0 Å². The molecule has 0 rings (SSSR count). The van der Waals surface area contributed by atoms with Gasteiger partial charge in [0.2, 0.25) is 5.91 Å². The summed E-state index contributed by atoms with van der Waals surface area (Å²) in [6.07, 6.45) is 70.0. The molecule has 0 aromatic carbocycles. The average Bonchev–Trinajstić information content (AvgIpc) is 3.36. The number of hydrogen-bond acceptors (Lipinski definition) is 6. The Labute approximate surface area is 456 Å². The number of amides is 1. The van der Waals surface area contributed by atoms with Gasteiger partial charge in [-0.1, -0.05) is 247 Å². The molecule has 10 heteroatoms. The number of rotatable bonds is 54. The zero-order chi connectivity index (χ0) is 54.3. The van der Waals surface area contributed by atoms with Crippen LogP contribution in [0.25, 0.3) is 0 Å². The molecule has 3 unspecified atom stereocenters. The van der Waals surface area contributed by atoms with Crippen LogP contribution in [0.2, 0.25) is 0 Å². The summed E-state index contributed by atoms with van der Waals surface area (Å²) in [6, 6.07) is -0.868. The number of phosphoric ester groups is 1. The predicted molar refractivity (Wildman–Crippen MR) is 318 cm³/mol. The maximum atomic E-state index is 13.5. The third kappa shape index (κ3) is 54.0. The summed E-state index contributed by atoms with van der Waals surface area (Å²) in [4.78, 5) is 37.7. The fourth-order valence-electron chi connectivity index (χ4n) is 8.41. The lowest BCUT2D eigenvalue weighted by molar-refractivity contribution is -0.870. The van der Waals surface area contributed by atoms with Crippen molar-refractivity contribution in [2.75, 3.05) is 40.9 Å². The van der Waals surface area contributed by atoms with Gasteiger partial charge in [0, 0.05) is 12.8 Å². The summed E-state index contributed by atoms with van der Waals surface area (Å²) in [5.41, 5.74) is 0. The number of nitrogens with one attached hydrogen (secondary N) is 1. The van der Waals surface area contributed by atoms with Crippen molar-refractivity contribution in [3.8, 4) is 0 Å². The van der Waals surface area contributed by atoms with E-state index in [0.717, 1.165) is 89.9 Å². The maximum absolute atomic E-state index is 13.5. The third-order valence-electron chi connectivity index (χ3n) is 13.1. The van der Waals surface area contributed by atoms with E-state index in [1.165, 1.54) is 128 Å². The largest absolute Gasteiger partial charge is 0.472 e. The standard InChI is InChI=1S/C64H115N2O7P/c1-7-10-13-16-19-22-25-28-30-31-32-33-34-35-36-39-42-45-48-51-54-57-64(68)73-62(55-52-49-46-43-40-37-27-24-21-18-15-12-9-3)61(60-72-74(69,70)71-59-58-66(4,5)6)65-63(67)56-53-50-47-44-41-38-29-26-23-20-17-14-11-8-2/h10,13,19,22,28,30,32-33,35-36,42,45,52,55,61-62H,7-9,11-12,14-18,20-21,23-27,29,31,34,37-41,43-44,46-51,53-54,56-60H2,1-6H3,(H-,65,67,69,70)/p+1/b13-10-,22-19-,30-28-,33-32-,36-35-,45-42-,55-52+. The Bertz CT molecular complexity index is 1540. The van der Waals surface area contributed by atoms with Crippen LogP contribution in [0.3, 0.4) is 0 Å². The minimum Gasteiger partial charge on any atom is -0.456 e. The fourth-order valence-corrected chi connectivity index (χ4v) is 9.15. The molecule has 3 atom stereocenters. The number of esters is 1. The zero-order valence-corrected chi connectivity index (χ0v) is 49.7. The Morgan fingerprint density at radius 1 is 0.486 bits per heavy atom. The quantitative estimate of drug-likeness (QED) is 0.0205. The molecule has 0 aliphatic rings. The highest BCUT2D eigenvalue weighted by atomic mass is 31.2. The van der Waals surface area contributed by atoms with Gasteiger partial charge in [-0.05, 0) is 83.1 Å². The van der Waals surface area contributed by atoms with Gasteiger partial charge in [0.1, 0.15) is 19.3 Å². The van der Waals surface area contributed by atoms with Crippen LogP contribution in [0.1, 0.15) is 258 Å². The molecule has 9 nitrogen and oxygen atoms in total. The Kier molecular flexibility index (Phi) is 51.5. The molecular formula is C64H116N2O7P+. The molecule has 0 fully saturated rings. The van der Waals surface area contributed by atoms with Gasteiger partial charge in [-0.15, -0.1) is 0 Å². The van der Waals surface area contributed by atoms with Gasteiger partial charge >= 0.3 is 13.8 Å². The normalized spacial score (nSPS) is 14.3. The van der Waals surface area contributed by atoms with E-state index in [1.54, 1.807) is 0 Å². The number of ether oxygens (including phenoxy) is 1. The van der Waals surface area contributed by atoms with Crippen LogP contribution in [-0.4, -0.2) is 74.3 Å². The van der Waals surface area contributed by atoms with Crippen molar-refractivity contribution >= 4 is 19.7 Å². The predicted octanol–water partition coefficient (Wildman–Crippen LogP) is 18.6. The lowest BCUT2D eigenvalue weighted by Crippen LogP contribution is -2.47. The van der Waals surface area contributed by atoms with Gasteiger partial charge in [-0.2, -0.15) is 0 Å². The number of phosphoric acid groups is 1. The molecule has 74 heavy (non-hydrogen) atoms. The highest BCUT2D eigenvalue weighted by Gasteiger charge is 2.30. The maximum Gasteiger partial charge on any atom is 0.472 e. The van der Waals surface area contributed by atoms with Crippen molar-refractivity contribution in [3.05, 3.63) is 85.1 Å². The molecule has 1 amide bonds. The van der Waals surface area contributed by atoms with Gasteiger partial charge in [0.05, 0.1) is 33.8 Å². The first kappa shape index (κ1) is 71.2. The van der Waals surface area contributed by atoms with Crippen LogP contribution < -0.4 is 5.32 Å². The summed E-state index contributed by atoms with van der Waals surface area (Å²) < 4.78 is 30.6. The fraction of sp³-hybridized carbons (Fsp3) is 0.750. The molecule has 0 saturated carbocycles. The third-order valence-corrected chi connectivity index (χ3v) is 14.1. The van der Waals surface area contributed by atoms with Crippen LogP contribution in [0, 0.1) is 0 Å². The van der Waals surface area contributed by atoms with E-state index in [2.05, 4.69) is 99.0 Å². The summed E-state index contributed by atoms with van der Waals surface area (Å²) in [5.74, 6) is -0.554. The van der Waals surface area contributed by atoms with Crippen molar-refractivity contribution < 1.29 is 37.3 Å². The Hall–Kier alpha value is -2.81. The van der Waals surface area contributed by atoms with E-state index in [-0.39, 0.29) is 31.5 Å². The van der Waals surface area contributed by atoms with Crippen LogP contribution >= 0.6 is 7.82 Å². The van der Waals surface area contributed by atoms with E-state index in [0.29, 0.717) is 23.9 Å². The molecule has 2 N–H and O–H groups in total. The average molecular weight is 1060 g/mol.